The Balaban J connectivity index is 2.01. The Labute approximate surface area is 181 Å². The van der Waals surface area contributed by atoms with Gasteiger partial charge in [-0.15, -0.1) is 0 Å². The maximum atomic E-state index is 12.9. The lowest BCUT2D eigenvalue weighted by Crippen LogP contribution is -2.31. The maximum absolute atomic E-state index is 12.9. The number of para-hydroxylation sites is 1. The fourth-order valence-corrected chi connectivity index (χ4v) is 5.04. The molecule has 0 spiro atoms. The molecule has 0 fully saturated rings. The third-order valence-electron chi connectivity index (χ3n) is 3.74. The van der Waals surface area contributed by atoms with Crippen LogP contribution in [0.5, 0.6) is 0 Å². The summed E-state index contributed by atoms with van der Waals surface area (Å²) < 4.78 is 26.6. The second-order valence-electron chi connectivity index (χ2n) is 5.63. The molecular weight excluding hydrogens is 468 g/mol. The highest BCUT2D eigenvalue weighted by molar-refractivity contribution is 7.91. The zero-order valence-corrected chi connectivity index (χ0v) is 17.9. The molecule has 28 heavy (non-hydrogen) atoms. The summed E-state index contributed by atoms with van der Waals surface area (Å²) in [7, 11) is -2.68. The molecule has 0 aliphatic heterocycles. The summed E-state index contributed by atoms with van der Waals surface area (Å²) in [5.74, 6) is 0. The van der Waals surface area contributed by atoms with Crippen LogP contribution >= 0.6 is 46.4 Å². The zero-order chi connectivity index (χ0) is 20.6. The van der Waals surface area contributed by atoms with Gasteiger partial charge in [0.25, 0.3) is 0 Å². The fraction of sp³-hybridized carbons (Fsp3) is 0.0588. The molecule has 6 nitrogen and oxygen atoms in total. The van der Waals surface area contributed by atoms with E-state index in [-0.39, 0.29) is 20.0 Å². The topological polar surface area (TPSA) is 72.3 Å². The smallest absolute Gasteiger partial charge is 0.294 e. The molecule has 0 saturated heterocycles. The molecule has 0 N–H and O–H groups in total. The third kappa shape index (κ3) is 3.99. The Morgan fingerprint density at radius 1 is 1.00 bits per heavy atom. The van der Waals surface area contributed by atoms with Gasteiger partial charge < -0.3 is 0 Å². The van der Waals surface area contributed by atoms with Gasteiger partial charge in [-0.1, -0.05) is 58.5 Å². The lowest BCUT2D eigenvalue weighted by atomic mass is 10.3. The zero-order valence-electron chi connectivity index (χ0n) is 14.1. The van der Waals surface area contributed by atoms with Crippen LogP contribution in [0.15, 0.2) is 58.6 Å². The first kappa shape index (κ1) is 21.0. The van der Waals surface area contributed by atoms with Gasteiger partial charge in [0.2, 0.25) is 14.9 Å². The summed E-state index contributed by atoms with van der Waals surface area (Å²) in [5.41, 5.74) is 0.423. The van der Waals surface area contributed by atoms with E-state index in [4.69, 9.17) is 46.4 Å². The van der Waals surface area contributed by atoms with Crippen LogP contribution in [0, 0.1) is 0 Å². The molecule has 0 saturated carbocycles. The van der Waals surface area contributed by atoms with Gasteiger partial charge in [0.1, 0.15) is 0 Å². The van der Waals surface area contributed by atoms with E-state index in [2.05, 4.69) is 5.10 Å². The number of sulfone groups is 1. The molecular formula is C17H11Cl4N3O3S. The van der Waals surface area contributed by atoms with Crippen LogP contribution in [0.2, 0.25) is 20.1 Å². The van der Waals surface area contributed by atoms with E-state index in [1.165, 1.54) is 30.1 Å². The average molecular weight is 479 g/mol. The highest BCUT2D eigenvalue weighted by Crippen LogP contribution is 2.31. The van der Waals surface area contributed by atoms with Crippen molar-refractivity contribution in [2.45, 2.75) is 9.92 Å². The number of carbonyl (C=O) groups is 1. The minimum atomic E-state index is -4.16. The lowest BCUT2D eigenvalue weighted by molar-refractivity contribution is 0.246. The Morgan fingerprint density at radius 2 is 1.61 bits per heavy atom. The average Bonchev–Trinajstić information content (AvgIpc) is 3.02. The van der Waals surface area contributed by atoms with E-state index in [0.717, 1.165) is 10.9 Å². The first-order valence-electron chi connectivity index (χ1n) is 7.60. The predicted molar refractivity (Wildman–Crippen MR) is 110 cm³/mol. The van der Waals surface area contributed by atoms with Gasteiger partial charge in [-0.25, -0.2) is 13.2 Å². The highest BCUT2D eigenvalue weighted by atomic mass is 35.5. The number of rotatable bonds is 3. The van der Waals surface area contributed by atoms with Crippen LogP contribution < -0.4 is 4.90 Å². The monoisotopic (exact) mass is 477 g/mol. The number of benzene rings is 2. The summed E-state index contributed by atoms with van der Waals surface area (Å²) >= 11 is 23.9. The SMILES string of the molecule is CN(C(=O)n1cc(Cl)c(S(=O)(=O)c2cc(Cl)cc(Cl)c2)n1)c1ccccc1Cl. The van der Waals surface area contributed by atoms with Crippen LogP contribution in [0.1, 0.15) is 0 Å². The van der Waals surface area contributed by atoms with Gasteiger partial charge in [0, 0.05) is 17.1 Å². The van der Waals surface area contributed by atoms with Crippen molar-refractivity contribution in [1.82, 2.24) is 9.78 Å². The molecule has 0 unspecified atom stereocenters. The van der Waals surface area contributed by atoms with Gasteiger partial charge in [-0.05, 0) is 30.3 Å². The van der Waals surface area contributed by atoms with Gasteiger partial charge in [0.15, 0.2) is 0 Å². The van der Waals surface area contributed by atoms with Crippen molar-refractivity contribution in [3.63, 3.8) is 0 Å². The molecule has 1 aromatic heterocycles. The molecule has 2 aromatic carbocycles. The Bertz CT molecular complexity index is 1160. The normalized spacial score (nSPS) is 11.5. The second-order valence-corrected chi connectivity index (χ2v) is 9.18. The molecule has 3 aromatic rings. The number of carbonyl (C=O) groups excluding carboxylic acids is 1. The first-order valence-corrected chi connectivity index (χ1v) is 10.6. The van der Waals surface area contributed by atoms with Crippen LogP contribution in [0.4, 0.5) is 10.5 Å². The molecule has 3 rings (SSSR count). The van der Waals surface area contributed by atoms with Crippen LogP contribution in [0.25, 0.3) is 0 Å². The van der Waals surface area contributed by atoms with Crippen molar-refractivity contribution >= 4 is 68.0 Å². The van der Waals surface area contributed by atoms with E-state index >= 15 is 0 Å². The molecule has 11 heteroatoms. The van der Waals surface area contributed by atoms with Crippen LogP contribution in [-0.2, 0) is 9.84 Å². The summed E-state index contributed by atoms with van der Waals surface area (Å²) in [6.07, 6.45) is 1.11. The van der Waals surface area contributed by atoms with E-state index < -0.39 is 20.9 Å². The van der Waals surface area contributed by atoms with Crippen LogP contribution in [-0.4, -0.2) is 31.3 Å². The number of aromatic nitrogens is 2. The number of nitrogens with zero attached hydrogens (tertiary/aromatic N) is 3. The summed E-state index contributed by atoms with van der Waals surface area (Å²) in [4.78, 5) is 13.7. The molecule has 0 atom stereocenters. The minimum Gasteiger partial charge on any atom is -0.294 e. The van der Waals surface area contributed by atoms with E-state index in [1.807, 2.05) is 0 Å². The van der Waals surface area contributed by atoms with Gasteiger partial charge >= 0.3 is 6.03 Å². The minimum absolute atomic E-state index is 0.135. The lowest BCUT2D eigenvalue weighted by Gasteiger charge is -2.17. The quantitative estimate of drug-likeness (QED) is 0.502. The third-order valence-corrected chi connectivity index (χ3v) is 6.55. The fourth-order valence-electron chi connectivity index (χ4n) is 2.39. The number of hydrogen-bond donors (Lipinski definition) is 0. The molecule has 1 amide bonds. The van der Waals surface area contributed by atoms with E-state index in [0.29, 0.717) is 10.7 Å². The van der Waals surface area contributed by atoms with Gasteiger partial charge in [0.05, 0.1) is 26.8 Å². The number of amides is 1. The van der Waals surface area contributed by atoms with Crippen molar-refractivity contribution in [2.75, 3.05) is 11.9 Å². The van der Waals surface area contributed by atoms with Crippen molar-refractivity contribution in [3.8, 4) is 0 Å². The number of anilines is 1. The van der Waals surface area contributed by atoms with Gasteiger partial charge in [-0.2, -0.15) is 9.78 Å². The Hall–Kier alpha value is -1.77. The molecule has 0 bridgehead atoms. The van der Waals surface area contributed by atoms with E-state index in [9.17, 15) is 13.2 Å². The molecule has 146 valence electrons. The predicted octanol–water partition coefficient (Wildman–Crippen LogP) is 5.43. The molecule has 0 aliphatic carbocycles. The molecule has 0 aliphatic rings. The van der Waals surface area contributed by atoms with E-state index in [1.54, 1.807) is 24.3 Å². The van der Waals surface area contributed by atoms with Crippen molar-refractivity contribution < 1.29 is 13.2 Å². The molecule has 0 radical (unpaired) electrons. The Kier molecular flexibility index (Phi) is 5.93. The summed E-state index contributed by atoms with van der Waals surface area (Å²) in [6, 6.07) is 9.86. The van der Waals surface area contributed by atoms with Crippen LogP contribution in [0.3, 0.4) is 0 Å². The molecule has 1 heterocycles. The Morgan fingerprint density at radius 3 is 2.21 bits per heavy atom. The summed E-state index contributed by atoms with van der Waals surface area (Å²) in [5, 5.41) is 3.77. The highest BCUT2D eigenvalue weighted by Gasteiger charge is 2.28. The van der Waals surface area contributed by atoms with Crippen molar-refractivity contribution in [1.29, 1.82) is 0 Å². The second kappa shape index (κ2) is 7.93. The first-order chi connectivity index (χ1) is 13.1. The maximum Gasteiger partial charge on any atom is 0.348 e. The number of halogens is 4. The van der Waals surface area contributed by atoms with Gasteiger partial charge in [-0.3, -0.25) is 4.90 Å². The van der Waals surface area contributed by atoms with Crippen molar-refractivity contribution in [3.05, 3.63) is 68.8 Å². The summed E-state index contributed by atoms with van der Waals surface area (Å²) in [6.45, 7) is 0. The largest absolute Gasteiger partial charge is 0.348 e. The standard InChI is InChI=1S/C17H11Cl4N3O3S/c1-23(15-5-3-2-4-13(15)20)17(25)24-9-14(21)16(22-24)28(26,27)12-7-10(18)6-11(19)8-12/h2-9H,1H3. The van der Waals surface area contributed by atoms with Crippen molar-refractivity contribution in [2.24, 2.45) is 0 Å². The number of hydrogen-bond acceptors (Lipinski definition) is 4.